The maximum absolute atomic E-state index is 11.7. The summed E-state index contributed by atoms with van der Waals surface area (Å²) in [4.78, 5) is -0.00915. The van der Waals surface area contributed by atoms with Gasteiger partial charge in [0.1, 0.15) is 5.25 Å². The van der Waals surface area contributed by atoms with Gasteiger partial charge in [-0.25, -0.2) is 13.1 Å². The molecule has 0 aromatic heterocycles. The standard InChI is InChI=1S/C8H16N2O3S2/c1-5(8(9)14)15(11,12)10-6-3-7(4-6)13-2/h5-7,10H,3-4H2,1-2H3,(H2,9,14). The van der Waals surface area contributed by atoms with Crippen LogP contribution in [0.4, 0.5) is 0 Å². The van der Waals surface area contributed by atoms with Crippen LogP contribution in [0, 0.1) is 0 Å². The van der Waals surface area contributed by atoms with E-state index in [1.54, 1.807) is 7.11 Å². The zero-order valence-electron chi connectivity index (χ0n) is 8.76. The van der Waals surface area contributed by atoms with Crippen LogP contribution < -0.4 is 10.5 Å². The summed E-state index contributed by atoms with van der Waals surface area (Å²) in [5.74, 6) is 0. The maximum Gasteiger partial charge on any atom is 0.220 e. The van der Waals surface area contributed by atoms with Gasteiger partial charge in [0.05, 0.1) is 11.1 Å². The van der Waals surface area contributed by atoms with Gasteiger partial charge in [0, 0.05) is 13.2 Å². The number of nitrogens with two attached hydrogens (primary N) is 1. The van der Waals surface area contributed by atoms with Gasteiger partial charge in [-0.1, -0.05) is 12.2 Å². The molecule has 0 spiro atoms. The molecule has 1 rings (SSSR count). The number of sulfonamides is 1. The van der Waals surface area contributed by atoms with E-state index >= 15 is 0 Å². The molecule has 15 heavy (non-hydrogen) atoms. The normalized spacial score (nSPS) is 28.1. The molecule has 7 heteroatoms. The molecule has 0 heterocycles. The minimum absolute atomic E-state index is 0.00915. The van der Waals surface area contributed by atoms with Gasteiger partial charge in [0.25, 0.3) is 0 Å². The van der Waals surface area contributed by atoms with Crippen LogP contribution in [0.1, 0.15) is 19.8 Å². The Balaban J connectivity index is 2.48. The quantitative estimate of drug-likeness (QED) is 0.660. The highest BCUT2D eigenvalue weighted by Gasteiger charge is 2.34. The van der Waals surface area contributed by atoms with Crippen LogP contribution in [0.15, 0.2) is 0 Å². The topological polar surface area (TPSA) is 81.4 Å². The second kappa shape index (κ2) is 4.73. The highest BCUT2D eigenvalue weighted by atomic mass is 32.2. The van der Waals surface area contributed by atoms with E-state index in [-0.39, 0.29) is 17.1 Å². The number of thiocarbonyl (C=S) groups is 1. The number of rotatable bonds is 5. The molecule has 1 aliphatic rings. The van der Waals surface area contributed by atoms with E-state index in [2.05, 4.69) is 16.9 Å². The van der Waals surface area contributed by atoms with Crippen molar-refractivity contribution in [1.29, 1.82) is 0 Å². The van der Waals surface area contributed by atoms with Crippen LogP contribution in [0.3, 0.4) is 0 Å². The van der Waals surface area contributed by atoms with E-state index < -0.39 is 15.3 Å². The molecule has 1 atom stereocenters. The average molecular weight is 252 g/mol. The summed E-state index contributed by atoms with van der Waals surface area (Å²) in [5.41, 5.74) is 5.30. The Kier molecular flexibility index (Phi) is 4.05. The van der Waals surface area contributed by atoms with Gasteiger partial charge in [-0.3, -0.25) is 0 Å². The summed E-state index contributed by atoms with van der Waals surface area (Å²) in [6, 6.07) is -0.0447. The predicted octanol–water partition coefficient (Wildman–Crippen LogP) is -0.242. The molecular weight excluding hydrogens is 236 g/mol. The summed E-state index contributed by atoms with van der Waals surface area (Å²) in [6.07, 6.45) is 1.58. The summed E-state index contributed by atoms with van der Waals surface area (Å²) < 4.78 is 30.9. The van der Waals surface area contributed by atoms with Crippen LogP contribution >= 0.6 is 12.2 Å². The lowest BCUT2D eigenvalue weighted by molar-refractivity contribution is 0.0236. The number of ether oxygens (including phenoxy) is 1. The number of hydrogen-bond donors (Lipinski definition) is 2. The zero-order chi connectivity index (χ0) is 11.6. The van der Waals surface area contributed by atoms with Gasteiger partial charge in [0.15, 0.2) is 0 Å². The average Bonchev–Trinajstić information content (AvgIpc) is 2.09. The third kappa shape index (κ3) is 3.10. The molecule has 3 N–H and O–H groups in total. The van der Waals surface area contributed by atoms with Crippen molar-refractivity contribution in [2.45, 2.75) is 37.2 Å². The largest absolute Gasteiger partial charge is 0.392 e. The van der Waals surface area contributed by atoms with E-state index in [1.807, 2.05) is 0 Å². The molecule has 0 bridgehead atoms. The molecule has 0 saturated heterocycles. The summed E-state index contributed by atoms with van der Waals surface area (Å²) in [7, 11) is -1.80. The number of hydrogen-bond acceptors (Lipinski definition) is 4. The van der Waals surface area contributed by atoms with Gasteiger partial charge in [-0.2, -0.15) is 0 Å². The van der Waals surface area contributed by atoms with Crippen molar-refractivity contribution < 1.29 is 13.2 Å². The Labute approximate surface area is 95.4 Å². The first-order valence-corrected chi connectivity index (χ1v) is 6.65. The fourth-order valence-corrected chi connectivity index (χ4v) is 2.89. The molecule has 0 amide bonds. The number of methoxy groups -OCH3 is 1. The highest BCUT2D eigenvalue weighted by molar-refractivity contribution is 7.93. The molecule has 0 aromatic rings. The Morgan fingerprint density at radius 1 is 1.60 bits per heavy atom. The van der Waals surface area contributed by atoms with E-state index in [0.29, 0.717) is 12.8 Å². The first-order valence-electron chi connectivity index (χ1n) is 4.70. The van der Waals surface area contributed by atoms with Gasteiger partial charge in [-0.15, -0.1) is 0 Å². The monoisotopic (exact) mass is 252 g/mol. The molecule has 0 aromatic carbocycles. The van der Waals surface area contributed by atoms with Gasteiger partial charge in [0.2, 0.25) is 10.0 Å². The molecule has 1 aliphatic carbocycles. The van der Waals surface area contributed by atoms with Crippen molar-refractivity contribution in [1.82, 2.24) is 4.72 Å². The molecule has 1 saturated carbocycles. The minimum Gasteiger partial charge on any atom is -0.392 e. The van der Waals surface area contributed by atoms with Crippen LogP contribution in [0.5, 0.6) is 0 Å². The first kappa shape index (κ1) is 12.8. The van der Waals surface area contributed by atoms with E-state index in [4.69, 9.17) is 10.5 Å². The maximum atomic E-state index is 11.7. The Morgan fingerprint density at radius 2 is 2.13 bits per heavy atom. The molecular formula is C8H16N2O3S2. The van der Waals surface area contributed by atoms with Gasteiger partial charge in [-0.05, 0) is 19.8 Å². The van der Waals surface area contributed by atoms with Crippen LogP contribution in [-0.4, -0.2) is 37.9 Å². The second-order valence-electron chi connectivity index (χ2n) is 3.73. The third-order valence-electron chi connectivity index (χ3n) is 2.63. The van der Waals surface area contributed by atoms with Crippen molar-refractivity contribution in [3.8, 4) is 0 Å². The van der Waals surface area contributed by atoms with E-state index in [9.17, 15) is 8.42 Å². The molecule has 0 radical (unpaired) electrons. The van der Waals surface area contributed by atoms with E-state index in [1.165, 1.54) is 6.92 Å². The van der Waals surface area contributed by atoms with Crippen LogP contribution in [0.25, 0.3) is 0 Å². The summed E-state index contributed by atoms with van der Waals surface area (Å²) in [5, 5.41) is -0.825. The predicted molar refractivity (Wildman–Crippen MR) is 62.1 cm³/mol. The lowest BCUT2D eigenvalue weighted by Crippen LogP contribution is -2.51. The van der Waals surface area contributed by atoms with Gasteiger partial charge < -0.3 is 10.5 Å². The summed E-state index contributed by atoms with van der Waals surface area (Å²) in [6.45, 7) is 1.48. The molecule has 88 valence electrons. The molecule has 1 unspecified atom stereocenters. The Hall–Kier alpha value is -0.240. The smallest absolute Gasteiger partial charge is 0.220 e. The fourth-order valence-electron chi connectivity index (χ4n) is 1.34. The Bertz CT molecular complexity index is 336. The summed E-state index contributed by atoms with van der Waals surface area (Å²) >= 11 is 4.65. The first-order chi connectivity index (χ1) is 6.86. The van der Waals surface area contributed by atoms with Crippen LogP contribution in [-0.2, 0) is 14.8 Å². The minimum atomic E-state index is -3.42. The molecule has 1 fully saturated rings. The molecule has 5 nitrogen and oxygen atoms in total. The van der Waals surface area contributed by atoms with Crippen molar-refractivity contribution in [2.75, 3.05) is 7.11 Å². The third-order valence-corrected chi connectivity index (χ3v) is 4.97. The van der Waals surface area contributed by atoms with E-state index in [0.717, 1.165) is 0 Å². The van der Waals surface area contributed by atoms with Crippen molar-refractivity contribution in [3.63, 3.8) is 0 Å². The lowest BCUT2D eigenvalue weighted by Gasteiger charge is -2.34. The SMILES string of the molecule is COC1CC(NS(=O)(=O)C(C)C(N)=S)C1. The molecule has 0 aliphatic heterocycles. The van der Waals surface area contributed by atoms with Crippen LogP contribution in [0.2, 0.25) is 0 Å². The number of nitrogens with one attached hydrogen (secondary N) is 1. The second-order valence-corrected chi connectivity index (χ2v) is 6.24. The van der Waals surface area contributed by atoms with Crippen molar-refractivity contribution >= 4 is 27.2 Å². The zero-order valence-corrected chi connectivity index (χ0v) is 10.4. The van der Waals surface area contributed by atoms with Crippen molar-refractivity contribution in [3.05, 3.63) is 0 Å². The van der Waals surface area contributed by atoms with Crippen molar-refractivity contribution in [2.24, 2.45) is 5.73 Å². The highest BCUT2D eigenvalue weighted by Crippen LogP contribution is 2.23. The Morgan fingerprint density at radius 3 is 2.53 bits per heavy atom. The van der Waals surface area contributed by atoms with Gasteiger partial charge >= 0.3 is 0 Å². The lowest BCUT2D eigenvalue weighted by atomic mass is 9.90. The fraction of sp³-hybridized carbons (Fsp3) is 0.875.